The topological polar surface area (TPSA) is 35.5 Å². The van der Waals surface area contributed by atoms with Crippen LogP contribution in [0.15, 0.2) is 12.1 Å². The number of halogens is 2. The Kier molecular flexibility index (Phi) is 4.50. The van der Waals surface area contributed by atoms with E-state index in [1.54, 1.807) is 6.92 Å². The van der Waals surface area contributed by atoms with Gasteiger partial charge in [-0.25, -0.2) is 8.78 Å². The van der Waals surface area contributed by atoms with Crippen molar-refractivity contribution >= 4 is 5.78 Å². The first-order chi connectivity index (χ1) is 9.52. The molecule has 2 rings (SSSR count). The van der Waals surface area contributed by atoms with E-state index >= 15 is 0 Å². The Morgan fingerprint density at radius 1 is 1.35 bits per heavy atom. The van der Waals surface area contributed by atoms with Crippen molar-refractivity contribution in [1.29, 1.82) is 0 Å². The number of carbonyl (C=O) groups excluding carboxylic acids is 1. The molecule has 1 heterocycles. The highest BCUT2D eigenvalue weighted by Gasteiger charge is 2.43. The maximum Gasteiger partial charge on any atom is 0.200 e. The summed E-state index contributed by atoms with van der Waals surface area (Å²) in [6.45, 7) is 4.26. The summed E-state index contributed by atoms with van der Waals surface area (Å²) < 4.78 is 38.8. The molecule has 1 aliphatic rings. The average molecular weight is 284 g/mol. The summed E-state index contributed by atoms with van der Waals surface area (Å²) in [4.78, 5) is 12.6. The standard InChI is InChI=1S/C15H18F2O3/c1-3-20-15(6-8-19-9-7-15)14(18)12-11(16)5-4-10(2)13(12)17/h4-5H,3,6-9H2,1-2H3. The SMILES string of the molecule is CCOC1(C(=O)c2c(F)ccc(C)c2F)CCOCC1. The molecular weight excluding hydrogens is 266 g/mol. The van der Waals surface area contributed by atoms with Crippen molar-refractivity contribution in [3.05, 3.63) is 34.9 Å². The molecule has 0 aliphatic carbocycles. The Balaban J connectivity index is 2.45. The molecule has 20 heavy (non-hydrogen) atoms. The van der Waals surface area contributed by atoms with Gasteiger partial charge in [0.15, 0.2) is 0 Å². The van der Waals surface area contributed by atoms with Crippen LogP contribution in [0.2, 0.25) is 0 Å². The van der Waals surface area contributed by atoms with Crippen LogP contribution in [0.4, 0.5) is 8.78 Å². The van der Waals surface area contributed by atoms with Gasteiger partial charge in [0.25, 0.3) is 0 Å². The number of hydrogen-bond donors (Lipinski definition) is 0. The lowest BCUT2D eigenvalue weighted by Crippen LogP contribution is -2.47. The Morgan fingerprint density at radius 3 is 2.60 bits per heavy atom. The van der Waals surface area contributed by atoms with Crippen LogP contribution in [-0.2, 0) is 9.47 Å². The van der Waals surface area contributed by atoms with E-state index < -0.39 is 28.6 Å². The maximum absolute atomic E-state index is 14.1. The zero-order valence-corrected chi connectivity index (χ0v) is 11.7. The molecule has 0 unspecified atom stereocenters. The molecule has 0 aromatic heterocycles. The molecule has 0 radical (unpaired) electrons. The lowest BCUT2D eigenvalue weighted by molar-refractivity contribution is -0.0825. The first kappa shape index (κ1) is 15.1. The van der Waals surface area contributed by atoms with Crippen LogP contribution >= 0.6 is 0 Å². The average Bonchev–Trinajstić information content (AvgIpc) is 2.44. The van der Waals surface area contributed by atoms with Crippen molar-refractivity contribution in [1.82, 2.24) is 0 Å². The molecule has 1 aromatic rings. The summed E-state index contributed by atoms with van der Waals surface area (Å²) in [5.74, 6) is -2.27. The normalized spacial score (nSPS) is 18.0. The highest BCUT2D eigenvalue weighted by Crippen LogP contribution is 2.31. The van der Waals surface area contributed by atoms with Crippen LogP contribution < -0.4 is 0 Å². The van der Waals surface area contributed by atoms with Gasteiger partial charge in [0, 0.05) is 32.7 Å². The molecule has 0 atom stereocenters. The fourth-order valence-electron chi connectivity index (χ4n) is 2.51. The predicted molar refractivity (Wildman–Crippen MR) is 69.8 cm³/mol. The van der Waals surface area contributed by atoms with E-state index in [1.807, 2.05) is 0 Å². The van der Waals surface area contributed by atoms with Gasteiger partial charge in [-0.3, -0.25) is 4.79 Å². The van der Waals surface area contributed by atoms with Crippen LogP contribution in [0.5, 0.6) is 0 Å². The van der Waals surface area contributed by atoms with Crippen molar-refractivity contribution in [2.45, 2.75) is 32.3 Å². The van der Waals surface area contributed by atoms with Crippen LogP contribution in [0, 0.1) is 18.6 Å². The van der Waals surface area contributed by atoms with E-state index in [0.717, 1.165) is 6.07 Å². The van der Waals surface area contributed by atoms with E-state index in [1.165, 1.54) is 13.0 Å². The van der Waals surface area contributed by atoms with Crippen LogP contribution in [0.1, 0.15) is 35.7 Å². The smallest absolute Gasteiger partial charge is 0.200 e. The predicted octanol–water partition coefficient (Wildman–Crippen LogP) is 3.04. The Bertz CT molecular complexity index is 503. The third kappa shape index (κ3) is 2.60. The van der Waals surface area contributed by atoms with E-state index in [-0.39, 0.29) is 5.56 Å². The Labute approximate surface area is 116 Å². The minimum absolute atomic E-state index is 0.244. The largest absolute Gasteiger partial charge is 0.381 e. The second kappa shape index (κ2) is 5.97. The molecule has 0 spiro atoms. The zero-order valence-electron chi connectivity index (χ0n) is 11.7. The van der Waals surface area contributed by atoms with Crippen LogP contribution in [0.3, 0.4) is 0 Å². The fourth-order valence-corrected chi connectivity index (χ4v) is 2.51. The van der Waals surface area contributed by atoms with Crippen molar-refractivity contribution in [2.75, 3.05) is 19.8 Å². The number of ether oxygens (including phenoxy) is 2. The van der Waals surface area contributed by atoms with Gasteiger partial charge in [-0.1, -0.05) is 6.07 Å². The molecule has 3 nitrogen and oxygen atoms in total. The summed E-state index contributed by atoms with van der Waals surface area (Å²) in [7, 11) is 0. The molecule has 110 valence electrons. The van der Waals surface area contributed by atoms with Gasteiger partial charge in [-0.05, 0) is 25.5 Å². The second-order valence-electron chi connectivity index (χ2n) is 4.92. The van der Waals surface area contributed by atoms with Gasteiger partial charge >= 0.3 is 0 Å². The van der Waals surface area contributed by atoms with E-state index in [4.69, 9.17) is 9.47 Å². The molecule has 5 heteroatoms. The number of rotatable bonds is 4. The number of Topliss-reactive ketones (excluding diaryl/α,β-unsaturated/α-hetero) is 1. The summed E-state index contributed by atoms with van der Waals surface area (Å²) in [6.07, 6.45) is 0.624. The number of aryl methyl sites for hydroxylation is 1. The molecule has 0 bridgehead atoms. The summed E-state index contributed by atoms with van der Waals surface area (Å²) in [6, 6.07) is 2.43. The third-order valence-electron chi connectivity index (χ3n) is 3.65. The molecule has 1 saturated heterocycles. The highest BCUT2D eigenvalue weighted by molar-refractivity contribution is 6.03. The lowest BCUT2D eigenvalue weighted by atomic mass is 9.84. The Hall–Kier alpha value is -1.33. The minimum Gasteiger partial charge on any atom is -0.381 e. The van der Waals surface area contributed by atoms with Gasteiger partial charge in [0.1, 0.15) is 17.2 Å². The molecule has 0 saturated carbocycles. The van der Waals surface area contributed by atoms with Gasteiger partial charge in [-0.15, -0.1) is 0 Å². The van der Waals surface area contributed by atoms with Gasteiger partial charge in [0.2, 0.25) is 5.78 Å². The molecule has 0 amide bonds. The minimum atomic E-state index is -1.18. The van der Waals surface area contributed by atoms with Gasteiger partial charge in [0.05, 0.1) is 5.56 Å². The molecular formula is C15H18F2O3. The second-order valence-corrected chi connectivity index (χ2v) is 4.92. The summed E-state index contributed by atoms with van der Waals surface area (Å²) in [5.41, 5.74) is -1.43. The summed E-state index contributed by atoms with van der Waals surface area (Å²) >= 11 is 0. The highest BCUT2D eigenvalue weighted by atomic mass is 19.1. The van der Waals surface area contributed by atoms with Crippen molar-refractivity contribution in [3.63, 3.8) is 0 Å². The number of ketones is 1. The lowest BCUT2D eigenvalue weighted by Gasteiger charge is -2.35. The quantitative estimate of drug-likeness (QED) is 0.797. The van der Waals surface area contributed by atoms with Crippen LogP contribution in [-0.4, -0.2) is 31.2 Å². The van der Waals surface area contributed by atoms with E-state index in [9.17, 15) is 13.6 Å². The third-order valence-corrected chi connectivity index (χ3v) is 3.65. The molecule has 1 aromatic carbocycles. The fraction of sp³-hybridized carbons (Fsp3) is 0.533. The van der Waals surface area contributed by atoms with Crippen molar-refractivity contribution in [2.24, 2.45) is 0 Å². The van der Waals surface area contributed by atoms with E-state index in [0.29, 0.717) is 32.7 Å². The van der Waals surface area contributed by atoms with Gasteiger partial charge < -0.3 is 9.47 Å². The summed E-state index contributed by atoms with van der Waals surface area (Å²) in [5, 5.41) is 0. The number of hydrogen-bond acceptors (Lipinski definition) is 3. The molecule has 1 fully saturated rings. The van der Waals surface area contributed by atoms with Gasteiger partial charge in [-0.2, -0.15) is 0 Å². The number of benzene rings is 1. The first-order valence-corrected chi connectivity index (χ1v) is 6.73. The maximum atomic E-state index is 14.1. The molecule has 0 N–H and O–H groups in total. The van der Waals surface area contributed by atoms with Crippen molar-refractivity contribution in [3.8, 4) is 0 Å². The number of carbonyl (C=O) groups is 1. The molecule has 1 aliphatic heterocycles. The van der Waals surface area contributed by atoms with E-state index in [2.05, 4.69) is 0 Å². The Morgan fingerprint density at radius 2 is 2.00 bits per heavy atom. The monoisotopic (exact) mass is 284 g/mol. The van der Waals surface area contributed by atoms with Crippen molar-refractivity contribution < 1.29 is 23.0 Å². The zero-order chi connectivity index (χ0) is 14.8. The van der Waals surface area contributed by atoms with Crippen LogP contribution in [0.25, 0.3) is 0 Å². The first-order valence-electron chi connectivity index (χ1n) is 6.73.